The lowest BCUT2D eigenvalue weighted by Crippen LogP contribution is -2.28. The minimum Gasteiger partial charge on any atom is -0.496 e. The molecule has 0 fully saturated rings. The molecular weight excluding hydrogens is 350 g/mol. The van der Waals surface area contributed by atoms with Crippen molar-refractivity contribution in [2.75, 3.05) is 19.0 Å². The number of thiophene rings is 1. The van der Waals surface area contributed by atoms with Gasteiger partial charge in [-0.25, -0.2) is 4.79 Å². The molecule has 0 saturated carbocycles. The minimum absolute atomic E-state index is 0.160. The molecule has 1 aromatic carbocycles. The second kappa shape index (κ2) is 7.91. The number of hydrogen-bond donors (Lipinski definition) is 1. The van der Waals surface area contributed by atoms with Gasteiger partial charge in [-0.1, -0.05) is 32.4 Å². The number of nitrogens with one attached hydrogen (secondary N) is 1. The average molecular weight is 375 g/mol. The van der Waals surface area contributed by atoms with E-state index in [-0.39, 0.29) is 12.5 Å². The van der Waals surface area contributed by atoms with Crippen molar-refractivity contribution in [2.24, 2.45) is 5.41 Å². The van der Waals surface area contributed by atoms with Gasteiger partial charge in [0.25, 0.3) is 0 Å². The highest BCUT2D eigenvalue weighted by Gasteiger charge is 2.28. The third kappa shape index (κ3) is 4.25. The van der Waals surface area contributed by atoms with Gasteiger partial charge < -0.3 is 14.8 Å². The Morgan fingerprint density at radius 3 is 2.46 bits per heavy atom. The van der Waals surface area contributed by atoms with Gasteiger partial charge in [0.05, 0.1) is 13.7 Å². The van der Waals surface area contributed by atoms with Crippen molar-refractivity contribution in [1.82, 2.24) is 0 Å². The molecule has 1 amide bonds. The zero-order valence-electron chi connectivity index (χ0n) is 16.1. The SMILES string of the molecule is CCOC(=O)c1c(-c2cc(C)ccc2OC)csc1NC(=O)C(C)(C)C. The number of carbonyl (C=O) groups is 2. The second-order valence-corrected chi connectivity index (χ2v) is 7.86. The first-order valence-corrected chi connectivity index (χ1v) is 9.32. The Morgan fingerprint density at radius 1 is 1.19 bits per heavy atom. The highest BCUT2D eigenvalue weighted by atomic mass is 32.1. The maximum absolute atomic E-state index is 12.6. The van der Waals surface area contributed by atoms with E-state index < -0.39 is 11.4 Å². The highest BCUT2D eigenvalue weighted by molar-refractivity contribution is 7.15. The topological polar surface area (TPSA) is 64.6 Å². The van der Waals surface area contributed by atoms with Crippen LogP contribution in [0.5, 0.6) is 5.75 Å². The number of esters is 1. The molecule has 6 heteroatoms. The van der Waals surface area contributed by atoms with Crippen molar-refractivity contribution < 1.29 is 19.1 Å². The highest BCUT2D eigenvalue weighted by Crippen LogP contribution is 2.41. The van der Waals surface area contributed by atoms with Gasteiger partial charge >= 0.3 is 5.97 Å². The fraction of sp³-hybridized carbons (Fsp3) is 0.400. The number of anilines is 1. The first kappa shape index (κ1) is 20.0. The molecule has 2 rings (SSSR count). The molecule has 1 aromatic heterocycles. The standard InChI is InChI=1S/C20H25NO4S/c1-7-25-18(22)16-14(13-10-12(2)8-9-15(13)24-6)11-26-17(16)21-19(23)20(3,4)5/h8-11H,7H2,1-6H3,(H,21,23). The number of carbonyl (C=O) groups excluding carboxylic acids is 2. The van der Waals surface area contributed by atoms with Crippen molar-refractivity contribution in [2.45, 2.75) is 34.6 Å². The van der Waals surface area contributed by atoms with Gasteiger partial charge in [0, 0.05) is 21.9 Å². The number of ether oxygens (including phenoxy) is 2. The fourth-order valence-electron chi connectivity index (χ4n) is 2.38. The molecule has 2 aromatic rings. The summed E-state index contributed by atoms with van der Waals surface area (Å²) in [5, 5.41) is 5.21. The Morgan fingerprint density at radius 2 is 1.88 bits per heavy atom. The molecule has 0 aliphatic carbocycles. The maximum Gasteiger partial charge on any atom is 0.341 e. The summed E-state index contributed by atoms with van der Waals surface area (Å²) < 4.78 is 10.7. The fourth-order valence-corrected chi connectivity index (χ4v) is 3.32. The lowest BCUT2D eigenvalue weighted by molar-refractivity contribution is -0.123. The van der Waals surface area contributed by atoms with Crippen LogP contribution in [0.2, 0.25) is 0 Å². The molecule has 1 N–H and O–H groups in total. The predicted octanol–water partition coefficient (Wildman–Crippen LogP) is 4.89. The van der Waals surface area contributed by atoms with Crippen LogP contribution < -0.4 is 10.1 Å². The molecule has 0 aliphatic rings. The molecule has 0 saturated heterocycles. The first-order valence-electron chi connectivity index (χ1n) is 8.44. The summed E-state index contributed by atoms with van der Waals surface area (Å²) in [6.45, 7) is 9.46. The molecule has 5 nitrogen and oxygen atoms in total. The number of hydrogen-bond acceptors (Lipinski definition) is 5. The van der Waals surface area contributed by atoms with Crippen LogP contribution in [-0.2, 0) is 9.53 Å². The van der Waals surface area contributed by atoms with Gasteiger partial charge in [0.1, 0.15) is 16.3 Å². The molecular formula is C20H25NO4S. The lowest BCUT2D eigenvalue weighted by Gasteiger charge is -2.18. The third-order valence-corrected chi connectivity index (χ3v) is 4.72. The van der Waals surface area contributed by atoms with E-state index in [2.05, 4.69) is 5.32 Å². The van der Waals surface area contributed by atoms with Crippen molar-refractivity contribution >= 4 is 28.2 Å². The van der Waals surface area contributed by atoms with E-state index >= 15 is 0 Å². The Balaban J connectivity index is 2.59. The largest absolute Gasteiger partial charge is 0.496 e. The summed E-state index contributed by atoms with van der Waals surface area (Å²) in [6.07, 6.45) is 0. The molecule has 0 unspecified atom stereocenters. The zero-order chi connectivity index (χ0) is 19.5. The Kier molecular flexibility index (Phi) is 6.08. The van der Waals surface area contributed by atoms with Crippen LogP contribution >= 0.6 is 11.3 Å². The average Bonchev–Trinajstić information content (AvgIpc) is 2.97. The molecule has 26 heavy (non-hydrogen) atoms. The van der Waals surface area contributed by atoms with Crippen LogP contribution in [-0.4, -0.2) is 25.6 Å². The van der Waals surface area contributed by atoms with Crippen LogP contribution in [0.1, 0.15) is 43.6 Å². The van der Waals surface area contributed by atoms with Crippen LogP contribution in [0, 0.1) is 12.3 Å². The summed E-state index contributed by atoms with van der Waals surface area (Å²) in [5.74, 6) is 0.0387. The van der Waals surface area contributed by atoms with Crippen LogP contribution in [0.15, 0.2) is 23.6 Å². The number of benzene rings is 1. The van der Waals surface area contributed by atoms with E-state index in [9.17, 15) is 9.59 Å². The summed E-state index contributed by atoms with van der Waals surface area (Å²) in [7, 11) is 1.59. The Bertz CT molecular complexity index is 818. The molecule has 0 radical (unpaired) electrons. The molecule has 140 valence electrons. The molecule has 0 spiro atoms. The summed E-state index contributed by atoms with van der Waals surface area (Å²) in [6, 6.07) is 5.77. The quantitative estimate of drug-likeness (QED) is 0.756. The molecule has 0 aliphatic heterocycles. The zero-order valence-corrected chi connectivity index (χ0v) is 16.9. The normalized spacial score (nSPS) is 11.2. The van der Waals surface area contributed by atoms with Crippen LogP contribution in [0.4, 0.5) is 5.00 Å². The van der Waals surface area contributed by atoms with Gasteiger partial charge in [0.2, 0.25) is 5.91 Å². The van der Waals surface area contributed by atoms with Crippen LogP contribution in [0.25, 0.3) is 11.1 Å². The Labute approximate surface area is 158 Å². The van der Waals surface area contributed by atoms with E-state index in [0.717, 1.165) is 11.1 Å². The monoisotopic (exact) mass is 375 g/mol. The van der Waals surface area contributed by atoms with Crippen LogP contribution in [0.3, 0.4) is 0 Å². The van der Waals surface area contributed by atoms with Gasteiger partial charge in [-0.3, -0.25) is 4.79 Å². The summed E-state index contributed by atoms with van der Waals surface area (Å²) in [4.78, 5) is 25.0. The van der Waals surface area contributed by atoms with E-state index in [1.807, 2.05) is 51.3 Å². The number of aryl methyl sites for hydroxylation is 1. The minimum atomic E-state index is -0.572. The van der Waals surface area contributed by atoms with Gasteiger partial charge in [-0.2, -0.15) is 0 Å². The Hall–Kier alpha value is -2.34. The van der Waals surface area contributed by atoms with Gasteiger partial charge in [0.15, 0.2) is 0 Å². The van der Waals surface area contributed by atoms with Crippen molar-refractivity contribution in [3.8, 4) is 16.9 Å². The predicted molar refractivity (Wildman–Crippen MR) is 105 cm³/mol. The van der Waals surface area contributed by atoms with Crippen molar-refractivity contribution in [3.63, 3.8) is 0 Å². The molecule has 0 bridgehead atoms. The molecule has 1 heterocycles. The maximum atomic E-state index is 12.6. The third-order valence-electron chi connectivity index (χ3n) is 3.82. The van der Waals surface area contributed by atoms with E-state index in [4.69, 9.17) is 9.47 Å². The second-order valence-electron chi connectivity index (χ2n) is 6.98. The lowest BCUT2D eigenvalue weighted by atomic mass is 9.95. The van der Waals surface area contributed by atoms with Crippen molar-refractivity contribution in [1.29, 1.82) is 0 Å². The first-order chi connectivity index (χ1) is 12.2. The van der Waals surface area contributed by atoms with Crippen molar-refractivity contribution in [3.05, 3.63) is 34.7 Å². The summed E-state index contributed by atoms with van der Waals surface area (Å²) in [5.41, 5.74) is 2.32. The number of amides is 1. The smallest absolute Gasteiger partial charge is 0.341 e. The van der Waals surface area contributed by atoms with E-state index in [1.54, 1.807) is 14.0 Å². The summed E-state index contributed by atoms with van der Waals surface area (Å²) >= 11 is 1.31. The number of methoxy groups -OCH3 is 1. The van der Waals surface area contributed by atoms with Gasteiger partial charge in [-0.15, -0.1) is 11.3 Å². The number of rotatable bonds is 5. The van der Waals surface area contributed by atoms with E-state index in [1.165, 1.54) is 11.3 Å². The van der Waals surface area contributed by atoms with Gasteiger partial charge in [-0.05, 0) is 26.0 Å². The van der Waals surface area contributed by atoms with E-state index in [0.29, 0.717) is 21.9 Å². The molecule has 0 atom stereocenters.